The van der Waals surface area contributed by atoms with Crippen LogP contribution in [0.15, 0.2) is 18.2 Å². The highest BCUT2D eigenvalue weighted by atomic mass is 32.1. The second-order valence-corrected chi connectivity index (χ2v) is 5.16. The van der Waals surface area contributed by atoms with Crippen molar-refractivity contribution in [1.29, 1.82) is 0 Å². The Hall–Kier alpha value is -1.46. The van der Waals surface area contributed by atoms with Gasteiger partial charge >= 0.3 is 0 Å². The molecule has 1 atom stereocenters. The first-order chi connectivity index (χ1) is 8.24. The third-order valence-electron chi connectivity index (χ3n) is 2.77. The van der Waals surface area contributed by atoms with E-state index < -0.39 is 0 Å². The Kier molecular flexibility index (Phi) is 2.57. The molecule has 0 radical (unpaired) electrons. The van der Waals surface area contributed by atoms with Crippen LogP contribution in [-0.2, 0) is 6.42 Å². The predicted octanol–water partition coefficient (Wildman–Crippen LogP) is 2.16. The third kappa shape index (κ3) is 1.92. The summed E-state index contributed by atoms with van der Waals surface area (Å²) in [5, 5.41) is 10.1. The van der Waals surface area contributed by atoms with E-state index in [0.717, 1.165) is 34.4 Å². The van der Waals surface area contributed by atoms with Gasteiger partial charge < -0.3 is 10.5 Å². The molecule has 4 nitrogen and oxygen atoms in total. The van der Waals surface area contributed by atoms with Crippen LogP contribution in [-0.4, -0.2) is 16.8 Å². The summed E-state index contributed by atoms with van der Waals surface area (Å²) in [4.78, 5) is 0. The molecular formula is C12H13N3OS. The molecule has 1 aliphatic heterocycles. The van der Waals surface area contributed by atoms with E-state index in [0.29, 0.717) is 0 Å². The first-order valence-electron chi connectivity index (χ1n) is 5.59. The van der Waals surface area contributed by atoms with Crippen molar-refractivity contribution in [3.63, 3.8) is 0 Å². The Balaban J connectivity index is 1.97. The van der Waals surface area contributed by atoms with Gasteiger partial charge in [-0.25, -0.2) is 0 Å². The smallest absolute Gasteiger partial charge is 0.147 e. The molecule has 0 bridgehead atoms. The molecule has 1 aromatic heterocycles. The quantitative estimate of drug-likeness (QED) is 0.883. The Bertz CT molecular complexity index is 550. The summed E-state index contributed by atoms with van der Waals surface area (Å²) in [6.45, 7) is 2.70. The summed E-state index contributed by atoms with van der Waals surface area (Å²) in [6, 6.07) is 6.10. The molecule has 0 aliphatic carbocycles. The van der Waals surface area contributed by atoms with E-state index >= 15 is 0 Å². The van der Waals surface area contributed by atoms with Crippen LogP contribution >= 0.6 is 11.3 Å². The zero-order valence-corrected chi connectivity index (χ0v) is 10.3. The molecule has 2 N–H and O–H groups in total. The minimum Gasteiger partial charge on any atom is -0.493 e. The Morgan fingerprint density at radius 1 is 1.41 bits per heavy atom. The standard InChI is InChI=1S/C12H13N3OS/c1-7(13)11-14-15-12(17-11)9-2-3-10-8(6-9)4-5-16-10/h2-3,6-7H,4-5,13H2,1H3. The number of nitrogens with two attached hydrogens (primary N) is 1. The van der Waals surface area contributed by atoms with E-state index in [1.54, 1.807) is 11.3 Å². The van der Waals surface area contributed by atoms with Gasteiger partial charge in [-0.05, 0) is 30.7 Å². The maximum absolute atomic E-state index is 5.78. The highest BCUT2D eigenvalue weighted by Gasteiger charge is 2.15. The normalized spacial score (nSPS) is 15.4. The zero-order chi connectivity index (χ0) is 11.8. The summed E-state index contributed by atoms with van der Waals surface area (Å²) >= 11 is 1.55. The first kappa shape index (κ1) is 10.7. The lowest BCUT2D eigenvalue weighted by Gasteiger charge is -2.00. The van der Waals surface area contributed by atoms with Crippen LogP contribution < -0.4 is 10.5 Å². The van der Waals surface area contributed by atoms with Crippen molar-refractivity contribution in [2.75, 3.05) is 6.61 Å². The molecule has 2 heterocycles. The van der Waals surface area contributed by atoms with Gasteiger partial charge in [0.1, 0.15) is 15.8 Å². The van der Waals surface area contributed by atoms with Crippen molar-refractivity contribution in [3.8, 4) is 16.3 Å². The number of benzene rings is 1. The van der Waals surface area contributed by atoms with Gasteiger partial charge in [-0.15, -0.1) is 10.2 Å². The first-order valence-corrected chi connectivity index (χ1v) is 6.41. The van der Waals surface area contributed by atoms with Crippen LogP contribution in [0.1, 0.15) is 23.5 Å². The van der Waals surface area contributed by atoms with E-state index in [2.05, 4.69) is 16.3 Å². The Morgan fingerprint density at radius 2 is 2.29 bits per heavy atom. The number of ether oxygens (including phenoxy) is 1. The van der Waals surface area contributed by atoms with Crippen molar-refractivity contribution in [1.82, 2.24) is 10.2 Å². The number of fused-ring (bicyclic) bond motifs is 1. The van der Waals surface area contributed by atoms with Crippen LogP contribution in [0.5, 0.6) is 5.75 Å². The van der Waals surface area contributed by atoms with E-state index in [1.165, 1.54) is 5.56 Å². The highest BCUT2D eigenvalue weighted by molar-refractivity contribution is 7.14. The van der Waals surface area contributed by atoms with E-state index in [-0.39, 0.29) is 6.04 Å². The van der Waals surface area contributed by atoms with E-state index in [4.69, 9.17) is 10.5 Å². The van der Waals surface area contributed by atoms with Crippen molar-refractivity contribution < 1.29 is 4.74 Å². The van der Waals surface area contributed by atoms with Crippen molar-refractivity contribution in [2.24, 2.45) is 5.73 Å². The molecule has 3 rings (SSSR count). The van der Waals surface area contributed by atoms with E-state index in [9.17, 15) is 0 Å². The predicted molar refractivity (Wildman–Crippen MR) is 67.1 cm³/mol. The number of rotatable bonds is 2. The lowest BCUT2D eigenvalue weighted by atomic mass is 10.1. The van der Waals surface area contributed by atoms with Crippen LogP contribution in [0.2, 0.25) is 0 Å². The van der Waals surface area contributed by atoms with Crippen molar-refractivity contribution in [3.05, 3.63) is 28.8 Å². The fraction of sp³-hybridized carbons (Fsp3) is 0.333. The maximum atomic E-state index is 5.78. The van der Waals surface area contributed by atoms with Gasteiger partial charge in [-0.1, -0.05) is 11.3 Å². The number of nitrogens with zero attached hydrogens (tertiary/aromatic N) is 2. The fourth-order valence-electron chi connectivity index (χ4n) is 1.85. The van der Waals surface area contributed by atoms with Crippen LogP contribution in [0.4, 0.5) is 0 Å². The number of hydrogen-bond acceptors (Lipinski definition) is 5. The molecule has 17 heavy (non-hydrogen) atoms. The highest BCUT2D eigenvalue weighted by Crippen LogP contribution is 2.32. The largest absolute Gasteiger partial charge is 0.493 e. The summed E-state index contributed by atoms with van der Waals surface area (Å²) in [7, 11) is 0. The van der Waals surface area contributed by atoms with Crippen LogP contribution in [0, 0.1) is 0 Å². The van der Waals surface area contributed by atoms with Crippen molar-refractivity contribution >= 4 is 11.3 Å². The summed E-state index contributed by atoms with van der Waals surface area (Å²) in [6.07, 6.45) is 0.974. The van der Waals surface area contributed by atoms with Gasteiger partial charge in [0.25, 0.3) is 0 Å². The lowest BCUT2D eigenvalue weighted by molar-refractivity contribution is 0.357. The molecule has 0 amide bonds. The van der Waals surface area contributed by atoms with Gasteiger partial charge in [-0.2, -0.15) is 0 Å². The van der Waals surface area contributed by atoms with Gasteiger partial charge in [0.15, 0.2) is 0 Å². The molecule has 0 fully saturated rings. The van der Waals surface area contributed by atoms with Crippen molar-refractivity contribution in [2.45, 2.75) is 19.4 Å². The molecule has 5 heteroatoms. The number of aromatic nitrogens is 2. The minimum absolute atomic E-state index is 0.0565. The third-order valence-corrected chi connectivity index (χ3v) is 3.94. The van der Waals surface area contributed by atoms with E-state index in [1.807, 2.05) is 19.1 Å². The molecule has 1 aliphatic rings. The summed E-state index contributed by atoms with van der Waals surface area (Å²) in [5.74, 6) is 0.991. The van der Waals surface area contributed by atoms with Gasteiger partial charge in [0.2, 0.25) is 0 Å². The fourth-order valence-corrected chi connectivity index (χ4v) is 2.65. The molecule has 1 unspecified atom stereocenters. The topological polar surface area (TPSA) is 61.0 Å². The summed E-state index contributed by atoms with van der Waals surface area (Å²) in [5.41, 5.74) is 8.13. The second-order valence-electron chi connectivity index (χ2n) is 4.16. The van der Waals surface area contributed by atoms with Gasteiger partial charge in [0, 0.05) is 12.0 Å². The average Bonchev–Trinajstić information content (AvgIpc) is 2.97. The second kappa shape index (κ2) is 4.09. The van der Waals surface area contributed by atoms with Crippen LogP contribution in [0.25, 0.3) is 10.6 Å². The van der Waals surface area contributed by atoms with Crippen LogP contribution in [0.3, 0.4) is 0 Å². The SMILES string of the molecule is CC(N)c1nnc(-c2ccc3c(c2)CCO3)s1. The average molecular weight is 247 g/mol. The lowest BCUT2D eigenvalue weighted by Crippen LogP contribution is -2.03. The maximum Gasteiger partial charge on any atom is 0.147 e. The van der Waals surface area contributed by atoms with Gasteiger partial charge in [0.05, 0.1) is 12.6 Å². The Morgan fingerprint density at radius 3 is 3.06 bits per heavy atom. The summed E-state index contributed by atoms with van der Waals surface area (Å²) < 4.78 is 5.48. The molecule has 0 saturated heterocycles. The molecule has 88 valence electrons. The monoisotopic (exact) mass is 247 g/mol. The zero-order valence-electron chi connectivity index (χ0n) is 9.51. The molecule has 0 spiro atoms. The minimum atomic E-state index is -0.0565. The molecule has 0 saturated carbocycles. The molecular weight excluding hydrogens is 234 g/mol. The molecule has 2 aromatic rings. The Labute approximate surface area is 103 Å². The van der Waals surface area contributed by atoms with Gasteiger partial charge in [-0.3, -0.25) is 0 Å². The number of hydrogen-bond donors (Lipinski definition) is 1. The molecule has 1 aromatic carbocycles.